The van der Waals surface area contributed by atoms with Gasteiger partial charge >= 0.3 is 0 Å². The maximum absolute atomic E-state index is 13.2. The van der Waals surface area contributed by atoms with Crippen LogP contribution in [0.15, 0.2) is 47.8 Å². The predicted octanol–water partition coefficient (Wildman–Crippen LogP) is 3.16. The lowest BCUT2D eigenvalue weighted by Crippen LogP contribution is -2.48. The zero-order valence-corrected chi connectivity index (χ0v) is 16.5. The van der Waals surface area contributed by atoms with Gasteiger partial charge in [-0.15, -0.1) is 16.4 Å². The van der Waals surface area contributed by atoms with Gasteiger partial charge in [0, 0.05) is 43.5 Å². The van der Waals surface area contributed by atoms with Crippen LogP contribution in [0.5, 0.6) is 0 Å². The maximum Gasteiger partial charge on any atom is 0.276 e. The highest BCUT2D eigenvalue weighted by molar-refractivity contribution is 7.09. The molecule has 1 aliphatic heterocycles. The zero-order chi connectivity index (χ0) is 18.9. The number of carbonyl (C=O) groups excluding carboxylic acids is 1. The topological polar surface area (TPSA) is 54.3 Å². The average Bonchev–Trinajstić information content (AvgIpc) is 3.26. The average molecular weight is 394 g/mol. The Kier molecular flexibility index (Phi) is 4.70. The molecule has 0 atom stereocenters. The molecule has 0 N–H and O–H groups in total. The molecule has 6 nitrogen and oxygen atoms in total. The Bertz CT molecular complexity index is 941. The summed E-state index contributed by atoms with van der Waals surface area (Å²) in [4.78, 5) is 18.9. The van der Waals surface area contributed by atoms with Crippen molar-refractivity contribution in [3.05, 3.63) is 64.1 Å². The third kappa shape index (κ3) is 3.47. The maximum atomic E-state index is 13.2. The molecule has 3 heterocycles. The van der Waals surface area contributed by atoms with Gasteiger partial charge in [0.2, 0.25) is 0 Å². The van der Waals surface area contributed by atoms with E-state index in [1.165, 1.54) is 4.88 Å². The first-order valence-electron chi connectivity index (χ1n) is 9.84. The van der Waals surface area contributed by atoms with Gasteiger partial charge in [0.05, 0.1) is 11.4 Å². The van der Waals surface area contributed by atoms with Gasteiger partial charge in [-0.05, 0) is 36.4 Å². The number of amides is 1. The predicted molar refractivity (Wildman–Crippen MR) is 109 cm³/mol. The van der Waals surface area contributed by atoms with Crippen LogP contribution in [0.1, 0.15) is 39.8 Å². The summed E-state index contributed by atoms with van der Waals surface area (Å²) in [5.74, 6) is 0.425. The van der Waals surface area contributed by atoms with Crippen LogP contribution < -0.4 is 0 Å². The van der Waals surface area contributed by atoms with Gasteiger partial charge in [0.25, 0.3) is 5.91 Å². The van der Waals surface area contributed by atoms with Crippen molar-refractivity contribution in [3.8, 4) is 5.69 Å². The van der Waals surface area contributed by atoms with Gasteiger partial charge in [0.1, 0.15) is 0 Å². The van der Waals surface area contributed by atoms with E-state index in [4.69, 9.17) is 0 Å². The first-order chi connectivity index (χ1) is 13.8. The summed E-state index contributed by atoms with van der Waals surface area (Å²) >= 11 is 1.79. The molecule has 7 heteroatoms. The summed E-state index contributed by atoms with van der Waals surface area (Å²) in [6, 6.07) is 14.3. The molecule has 28 heavy (non-hydrogen) atoms. The molecule has 0 spiro atoms. The highest BCUT2D eigenvalue weighted by Gasteiger charge is 2.36. The van der Waals surface area contributed by atoms with Gasteiger partial charge in [0.15, 0.2) is 5.69 Å². The minimum atomic E-state index is 0.0276. The van der Waals surface area contributed by atoms with Crippen molar-refractivity contribution in [3.63, 3.8) is 0 Å². The van der Waals surface area contributed by atoms with E-state index in [0.29, 0.717) is 11.6 Å². The number of carbonyl (C=O) groups is 1. The number of nitrogens with zero attached hydrogens (tertiary/aromatic N) is 5. The molecule has 2 aromatic heterocycles. The summed E-state index contributed by atoms with van der Waals surface area (Å²) in [6.07, 6.45) is 2.21. The second-order valence-corrected chi connectivity index (χ2v) is 8.52. The van der Waals surface area contributed by atoms with Crippen molar-refractivity contribution < 1.29 is 4.79 Å². The molecule has 5 rings (SSSR count). The molecule has 1 amide bonds. The van der Waals surface area contributed by atoms with Crippen LogP contribution in [-0.2, 0) is 6.54 Å². The van der Waals surface area contributed by atoms with Crippen LogP contribution in [0.25, 0.3) is 5.69 Å². The van der Waals surface area contributed by atoms with E-state index in [9.17, 15) is 4.79 Å². The molecule has 0 bridgehead atoms. The Morgan fingerprint density at radius 3 is 2.50 bits per heavy atom. The van der Waals surface area contributed by atoms with E-state index in [1.807, 2.05) is 39.9 Å². The molecule has 1 aromatic carbocycles. The van der Waals surface area contributed by atoms with Crippen LogP contribution in [0, 0.1) is 0 Å². The quantitative estimate of drug-likeness (QED) is 0.668. The summed E-state index contributed by atoms with van der Waals surface area (Å²) in [5, 5.41) is 10.8. The number of rotatable bonds is 5. The lowest BCUT2D eigenvalue weighted by molar-refractivity contribution is 0.0622. The van der Waals surface area contributed by atoms with Crippen LogP contribution in [-0.4, -0.2) is 56.9 Å². The molecule has 2 aliphatic rings. The third-order valence-corrected chi connectivity index (χ3v) is 6.35. The lowest BCUT2D eigenvalue weighted by Gasteiger charge is -2.34. The van der Waals surface area contributed by atoms with Gasteiger partial charge in [-0.2, -0.15) is 0 Å². The Balaban J connectivity index is 1.31. The molecular weight excluding hydrogens is 370 g/mol. The summed E-state index contributed by atoms with van der Waals surface area (Å²) in [6.45, 7) is 4.25. The minimum absolute atomic E-state index is 0.0276. The van der Waals surface area contributed by atoms with Crippen molar-refractivity contribution in [1.82, 2.24) is 24.8 Å². The van der Waals surface area contributed by atoms with E-state index in [0.717, 1.165) is 56.9 Å². The molecule has 0 unspecified atom stereocenters. The summed E-state index contributed by atoms with van der Waals surface area (Å²) < 4.78 is 1.86. The van der Waals surface area contributed by atoms with E-state index in [2.05, 4.69) is 32.7 Å². The molecule has 1 aliphatic carbocycles. The van der Waals surface area contributed by atoms with Crippen LogP contribution >= 0.6 is 11.3 Å². The number of hydrogen-bond acceptors (Lipinski definition) is 5. The van der Waals surface area contributed by atoms with Crippen molar-refractivity contribution in [2.45, 2.75) is 25.3 Å². The number of thiophene rings is 1. The second-order valence-electron chi connectivity index (χ2n) is 7.49. The first kappa shape index (κ1) is 17.6. The molecule has 1 saturated heterocycles. The Labute approximate surface area is 168 Å². The van der Waals surface area contributed by atoms with Gasteiger partial charge < -0.3 is 4.90 Å². The Morgan fingerprint density at radius 2 is 1.82 bits per heavy atom. The highest BCUT2D eigenvalue weighted by Crippen LogP contribution is 2.42. The molecular formula is C21H23N5OS. The minimum Gasteiger partial charge on any atom is -0.335 e. The SMILES string of the molecule is O=C(c1nnn(-c2ccccc2)c1C1CC1)N1CCN(Cc2cccs2)CC1. The first-order valence-corrected chi connectivity index (χ1v) is 10.7. The van der Waals surface area contributed by atoms with Gasteiger partial charge in [-0.1, -0.05) is 29.5 Å². The molecule has 0 radical (unpaired) electrons. The van der Waals surface area contributed by atoms with E-state index >= 15 is 0 Å². The van der Waals surface area contributed by atoms with E-state index in [-0.39, 0.29) is 5.91 Å². The molecule has 144 valence electrons. The molecule has 2 fully saturated rings. The van der Waals surface area contributed by atoms with E-state index < -0.39 is 0 Å². The van der Waals surface area contributed by atoms with E-state index in [1.54, 1.807) is 11.3 Å². The zero-order valence-electron chi connectivity index (χ0n) is 15.7. The monoisotopic (exact) mass is 393 g/mol. The largest absolute Gasteiger partial charge is 0.335 e. The number of benzene rings is 1. The standard InChI is InChI=1S/C21H23N5OS/c27-21(25-12-10-24(11-13-25)15-18-7-4-14-28-18)19-20(16-8-9-16)26(23-22-19)17-5-2-1-3-6-17/h1-7,14,16H,8-13,15H2. The van der Waals surface area contributed by atoms with Crippen molar-refractivity contribution in [1.29, 1.82) is 0 Å². The van der Waals surface area contributed by atoms with Gasteiger partial charge in [-0.3, -0.25) is 9.69 Å². The lowest BCUT2D eigenvalue weighted by atomic mass is 10.1. The fraction of sp³-hybridized carbons (Fsp3) is 0.381. The van der Waals surface area contributed by atoms with Gasteiger partial charge in [-0.25, -0.2) is 4.68 Å². The number of hydrogen-bond donors (Lipinski definition) is 0. The second kappa shape index (κ2) is 7.48. The number of para-hydroxylation sites is 1. The smallest absolute Gasteiger partial charge is 0.276 e. The summed E-state index contributed by atoms with van der Waals surface area (Å²) in [5.41, 5.74) is 2.49. The van der Waals surface area contributed by atoms with Crippen molar-refractivity contribution in [2.24, 2.45) is 0 Å². The Hall–Kier alpha value is -2.51. The highest BCUT2D eigenvalue weighted by atomic mass is 32.1. The third-order valence-electron chi connectivity index (χ3n) is 5.49. The normalized spacial score (nSPS) is 17.8. The van der Waals surface area contributed by atoms with Crippen LogP contribution in [0.4, 0.5) is 0 Å². The van der Waals surface area contributed by atoms with Crippen LogP contribution in [0.2, 0.25) is 0 Å². The Morgan fingerprint density at radius 1 is 1.04 bits per heavy atom. The molecule has 1 saturated carbocycles. The number of aromatic nitrogens is 3. The fourth-order valence-electron chi connectivity index (χ4n) is 3.81. The fourth-order valence-corrected chi connectivity index (χ4v) is 4.55. The van der Waals surface area contributed by atoms with Crippen molar-refractivity contribution in [2.75, 3.05) is 26.2 Å². The van der Waals surface area contributed by atoms with Crippen LogP contribution in [0.3, 0.4) is 0 Å². The molecule has 3 aromatic rings. The summed E-state index contributed by atoms with van der Waals surface area (Å²) in [7, 11) is 0. The van der Waals surface area contributed by atoms with Crippen molar-refractivity contribution >= 4 is 17.2 Å². The number of piperazine rings is 1.